The van der Waals surface area contributed by atoms with E-state index in [1.165, 1.54) is 17.4 Å². The molecule has 1 fully saturated rings. The fourth-order valence-corrected chi connectivity index (χ4v) is 3.42. The van der Waals surface area contributed by atoms with Gasteiger partial charge in [-0.1, -0.05) is 31.2 Å². The Labute approximate surface area is 122 Å². The summed E-state index contributed by atoms with van der Waals surface area (Å²) in [5.74, 6) is 0. The van der Waals surface area contributed by atoms with Gasteiger partial charge in [0, 0.05) is 25.7 Å². The zero-order chi connectivity index (χ0) is 14.6. The molecule has 112 valence electrons. The van der Waals surface area contributed by atoms with Crippen molar-refractivity contribution in [3.8, 4) is 0 Å². The van der Waals surface area contributed by atoms with Crippen LogP contribution >= 0.6 is 0 Å². The molecule has 0 aliphatic carbocycles. The van der Waals surface area contributed by atoms with Crippen molar-refractivity contribution in [2.75, 3.05) is 19.3 Å². The van der Waals surface area contributed by atoms with Crippen LogP contribution in [0.1, 0.15) is 30.9 Å². The molecule has 20 heavy (non-hydrogen) atoms. The quantitative estimate of drug-likeness (QED) is 0.901. The third-order valence-corrected chi connectivity index (χ3v) is 5.25. The van der Waals surface area contributed by atoms with Crippen LogP contribution in [0.2, 0.25) is 0 Å². The summed E-state index contributed by atoms with van der Waals surface area (Å²) in [7, 11) is -3.02. The Kier molecular flexibility index (Phi) is 5.18. The number of hydrogen-bond acceptors (Lipinski definition) is 3. The van der Waals surface area contributed by atoms with E-state index in [-0.39, 0.29) is 0 Å². The Bertz CT molecular complexity index is 517. The van der Waals surface area contributed by atoms with Crippen LogP contribution in [0.15, 0.2) is 24.3 Å². The lowest BCUT2D eigenvalue weighted by Crippen LogP contribution is -2.44. The van der Waals surface area contributed by atoms with Crippen LogP contribution in [0.3, 0.4) is 0 Å². The van der Waals surface area contributed by atoms with E-state index in [4.69, 9.17) is 0 Å². The van der Waals surface area contributed by atoms with Gasteiger partial charge in [-0.2, -0.15) is 0 Å². The van der Waals surface area contributed by atoms with Crippen molar-refractivity contribution < 1.29 is 8.42 Å². The highest BCUT2D eigenvalue weighted by Crippen LogP contribution is 2.14. The first-order valence-corrected chi connectivity index (χ1v) is 9.10. The first-order valence-electron chi connectivity index (χ1n) is 7.25. The van der Waals surface area contributed by atoms with Crippen LogP contribution in [0.4, 0.5) is 0 Å². The van der Waals surface area contributed by atoms with Crippen molar-refractivity contribution in [1.82, 2.24) is 9.62 Å². The molecular weight excluding hydrogens is 272 g/mol. The summed E-state index contributed by atoms with van der Waals surface area (Å²) in [6.07, 6.45) is 4.13. The monoisotopic (exact) mass is 296 g/mol. The molecular formula is C15H24N2O2S. The van der Waals surface area contributed by atoms with Crippen molar-refractivity contribution in [3.63, 3.8) is 0 Å². The van der Waals surface area contributed by atoms with Crippen LogP contribution in [0.5, 0.6) is 0 Å². The van der Waals surface area contributed by atoms with Crippen molar-refractivity contribution >= 4 is 10.0 Å². The fourth-order valence-electron chi connectivity index (χ4n) is 2.55. The summed E-state index contributed by atoms with van der Waals surface area (Å²) in [6, 6.07) is 9.08. The molecule has 0 unspecified atom stereocenters. The number of aryl methyl sites for hydroxylation is 1. The molecule has 1 aromatic rings. The van der Waals surface area contributed by atoms with E-state index in [0.29, 0.717) is 19.1 Å². The summed E-state index contributed by atoms with van der Waals surface area (Å²) in [4.78, 5) is 0. The number of piperidine rings is 1. The first kappa shape index (κ1) is 15.5. The lowest BCUT2D eigenvalue weighted by Gasteiger charge is -2.30. The highest BCUT2D eigenvalue weighted by molar-refractivity contribution is 7.88. The number of nitrogens with zero attached hydrogens (tertiary/aromatic N) is 1. The molecule has 1 aromatic carbocycles. The van der Waals surface area contributed by atoms with Gasteiger partial charge in [0.15, 0.2) is 0 Å². The highest BCUT2D eigenvalue weighted by atomic mass is 32.2. The van der Waals surface area contributed by atoms with Gasteiger partial charge in [-0.25, -0.2) is 12.7 Å². The van der Waals surface area contributed by atoms with Gasteiger partial charge in [0.1, 0.15) is 0 Å². The molecule has 0 aromatic heterocycles. The Balaban J connectivity index is 1.78. The number of sulfonamides is 1. The second-order valence-corrected chi connectivity index (χ2v) is 7.47. The standard InChI is InChI=1S/C15H24N2O2S/c1-3-13-4-6-14(7-5-13)12-16-15-8-10-17(11-9-15)20(2,18)19/h4-7,15-16H,3,8-12H2,1-2H3. The first-order chi connectivity index (χ1) is 9.49. The Morgan fingerprint density at radius 1 is 1.15 bits per heavy atom. The molecule has 5 heteroatoms. The Hall–Kier alpha value is -0.910. The van der Waals surface area contributed by atoms with Gasteiger partial charge in [0.2, 0.25) is 10.0 Å². The van der Waals surface area contributed by atoms with Crippen LogP contribution in [-0.4, -0.2) is 38.1 Å². The molecule has 1 saturated heterocycles. The zero-order valence-corrected chi connectivity index (χ0v) is 13.1. The topological polar surface area (TPSA) is 49.4 Å². The van der Waals surface area contributed by atoms with Gasteiger partial charge < -0.3 is 5.32 Å². The molecule has 1 aliphatic rings. The van der Waals surface area contributed by atoms with E-state index in [1.807, 2.05) is 0 Å². The molecule has 4 nitrogen and oxygen atoms in total. The maximum Gasteiger partial charge on any atom is 0.211 e. The minimum absolute atomic E-state index is 0.416. The maximum atomic E-state index is 11.4. The summed E-state index contributed by atoms with van der Waals surface area (Å²) in [6.45, 7) is 4.27. The van der Waals surface area contributed by atoms with Crippen LogP contribution in [-0.2, 0) is 23.0 Å². The summed E-state index contributed by atoms with van der Waals surface area (Å²) in [5.41, 5.74) is 2.64. The smallest absolute Gasteiger partial charge is 0.211 e. The molecule has 1 heterocycles. The fraction of sp³-hybridized carbons (Fsp3) is 0.600. The molecule has 0 spiro atoms. The van der Waals surface area contributed by atoms with Crippen LogP contribution in [0.25, 0.3) is 0 Å². The van der Waals surface area contributed by atoms with E-state index in [2.05, 4.69) is 36.5 Å². The third kappa shape index (κ3) is 4.30. The van der Waals surface area contributed by atoms with Crippen LogP contribution in [0, 0.1) is 0 Å². The predicted molar refractivity (Wildman–Crippen MR) is 82.1 cm³/mol. The SMILES string of the molecule is CCc1ccc(CNC2CCN(S(C)(=O)=O)CC2)cc1. The van der Waals surface area contributed by atoms with E-state index in [9.17, 15) is 8.42 Å². The average Bonchev–Trinajstić information content (AvgIpc) is 2.45. The second kappa shape index (κ2) is 6.70. The average molecular weight is 296 g/mol. The third-order valence-electron chi connectivity index (χ3n) is 3.95. The van der Waals surface area contributed by atoms with Crippen molar-refractivity contribution in [2.24, 2.45) is 0 Å². The van der Waals surface area contributed by atoms with Crippen LogP contribution < -0.4 is 5.32 Å². The van der Waals surface area contributed by atoms with E-state index >= 15 is 0 Å². The summed E-state index contributed by atoms with van der Waals surface area (Å²) in [5, 5.41) is 3.53. The summed E-state index contributed by atoms with van der Waals surface area (Å²) < 4.78 is 24.4. The predicted octanol–water partition coefficient (Wildman–Crippen LogP) is 1.76. The number of rotatable bonds is 5. The van der Waals surface area contributed by atoms with E-state index in [1.54, 1.807) is 4.31 Å². The van der Waals surface area contributed by atoms with Gasteiger partial charge in [-0.3, -0.25) is 0 Å². The molecule has 0 amide bonds. The molecule has 0 bridgehead atoms. The molecule has 0 saturated carbocycles. The number of benzene rings is 1. The normalized spacial score (nSPS) is 18.3. The van der Waals surface area contributed by atoms with Gasteiger partial charge in [0.25, 0.3) is 0 Å². The lowest BCUT2D eigenvalue weighted by atomic mass is 10.1. The highest BCUT2D eigenvalue weighted by Gasteiger charge is 2.24. The van der Waals surface area contributed by atoms with Crippen molar-refractivity contribution in [3.05, 3.63) is 35.4 Å². The minimum Gasteiger partial charge on any atom is -0.310 e. The van der Waals surface area contributed by atoms with E-state index < -0.39 is 10.0 Å². The largest absolute Gasteiger partial charge is 0.310 e. The lowest BCUT2D eigenvalue weighted by molar-refractivity contribution is 0.290. The number of hydrogen-bond donors (Lipinski definition) is 1. The second-order valence-electron chi connectivity index (χ2n) is 5.49. The number of nitrogens with one attached hydrogen (secondary N) is 1. The Morgan fingerprint density at radius 2 is 1.70 bits per heavy atom. The molecule has 0 radical (unpaired) electrons. The molecule has 1 aliphatic heterocycles. The van der Waals surface area contributed by atoms with Crippen molar-refractivity contribution in [2.45, 2.75) is 38.8 Å². The Morgan fingerprint density at radius 3 is 2.20 bits per heavy atom. The van der Waals surface area contributed by atoms with Gasteiger partial charge >= 0.3 is 0 Å². The summed E-state index contributed by atoms with van der Waals surface area (Å²) >= 11 is 0. The van der Waals surface area contributed by atoms with Gasteiger partial charge in [-0.05, 0) is 30.4 Å². The molecule has 1 N–H and O–H groups in total. The zero-order valence-electron chi connectivity index (χ0n) is 12.3. The van der Waals surface area contributed by atoms with Gasteiger partial charge in [0.05, 0.1) is 6.26 Å². The van der Waals surface area contributed by atoms with Crippen molar-refractivity contribution in [1.29, 1.82) is 0 Å². The molecule has 2 rings (SSSR count). The minimum atomic E-state index is -3.02. The van der Waals surface area contributed by atoms with Gasteiger partial charge in [-0.15, -0.1) is 0 Å². The molecule has 0 atom stereocenters. The maximum absolute atomic E-state index is 11.4. The van der Waals surface area contributed by atoms with E-state index in [0.717, 1.165) is 25.8 Å².